The van der Waals surface area contributed by atoms with Crippen LogP contribution in [0.3, 0.4) is 0 Å². The van der Waals surface area contributed by atoms with E-state index in [0.29, 0.717) is 32.2 Å². The number of hydrogen-bond donors (Lipinski definition) is 1. The van der Waals surface area contributed by atoms with Crippen molar-refractivity contribution in [3.63, 3.8) is 0 Å². The van der Waals surface area contributed by atoms with Crippen LogP contribution in [0.4, 0.5) is 14.5 Å². The van der Waals surface area contributed by atoms with Crippen molar-refractivity contribution >= 4 is 17.5 Å². The Bertz CT molecular complexity index is 555. The van der Waals surface area contributed by atoms with Gasteiger partial charge in [-0.15, -0.1) is 0 Å². The van der Waals surface area contributed by atoms with Gasteiger partial charge >= 0.3 is 0 Å². The predicted molar refractivity (Wildman–Crippen MR) is 68.9 cm³/mol. The first-order valence-electron chi connectivity index (χ1n) is 6.19. The molecule has 1 saturated heterocycles. The van der Waals surface area contributed by atoms with Crippen LogP contribution in [0.2, 0.25) is 0 Å². The summed E-state index contributed by atoms with van der Waals surface area (Å²) in [6.45, 7) is 2.89. The minimum Gasteiger partial charge on any atom is -0.396 e. The highest BCUT2D eigenvalue weighted by Crippen LogP contribution is 2.19. The molecular formula is C13H15F2N3O2. The van der Waals surface area contributed by atoms with Crippen molar-refractivity contribution < 1.29 is 18.4 Å². The second-order valence-corrected chi connectivity index (χ2v) is 4.65. The first-order valence-corrected chi connectivity index (χ1v) is 6.19. The van der Waals surface area contributed by atoms with E-state index in [0.717, 1.165) is 6.07 Å². The average Bonchev–Trinajstić information content (AvgIpc) is 2.42. The fourth-order valence-electron chi connectivity index (χ4n) is 2.12. The van der Waals surface area contributed by atoms with E-state index < -0.39 is 17.5 Å². The van der Waals surface area contributed by atoms with E-state index in [4.69, 9.17) is 5.73 Å². The second kappa shape index (κ2) is 5.44. The Morgan fingerprint density at radius 3 is 2.15 bits per heavy atom. The summed E-state index contributed by atoms with van der Waals surface area (Å²) in [4.78, 5) is 26.4. The smallest absolute Gasteiger partial charge is 0.257 e. The zero-order valence-electron chi connectivity index (χ0n) is 11.0. The van der Waals surface area contributed by atoms with E-state index in [1.165, 1.54) is 11.8 Å². The van der Waals surface area contributed by atoms with Gasteiger partial charge in [-0.2, -0.15) is 0 Å². The largest absolute Gasteiger partial charge is 0.396 e. The van der Waals surface area contributed by atoms with E-state index >= 15 is 0 Å². The van der Waals surface area contributed by atoms with E-state index in [-0.39, 0.29) is 17.2 Å². The van der Waals surface area contributed by atoms with Gasteiger partial charge in [-0.1, -0.05) is 0 Å². The van der Waals surface area contributed by atoms with Gasteiger partial charge in [0, 0.05) is 39.2 Å². The molecule has 5 nitrogen and oxygen atoms in total. The molecule has 1 fully saturated rings. The highest BCUT2D eigenvalue weighted by molar-refractivity contribution is 5.95. The molecule has 0 spiro atoms. The fourth-order valence-corrected chi connectivity index (χ4v) is 2.12. The van der Waals surface area contributed by atoms with E-state index in [1.807, 2.05) is 0 Å². The van der Waals surface area contributed by atoms with Crippen LogP contribution in [0.15, 0.2) is 12.1 Å². The molecular weight excluding hydrogens is 268 g/mol. The van der Waals surface area contributed by atoms with Gasteiger partial charge in [-0.3, -0.25) is 9.59 Å². The normalized spacial score (nSPS) is 15.3. The summed E-state index contributed by atoms with van der Waals surface area (Å²) in [6.07, 6.45) is 0. The molecule has 108 valence electrons. The number of nitrogens with zero attached hydrogens (tertiary/aromatic N) is 2. The minimum atomic E-state index is -0.935. The number of nitrogens with two attached hydrogens (primary N) is 1. The van der Waals surface area contributed by atoms with Crippen LogP contribution < -0.4 is 5.73 Å². The molecule has 0 atom stereocenters. The Kier molecular flexibility index (Phi) is 3.87. The lowest BCUT2D eigenvalue weighted by Gasteiger charge is -2.34. The van der Waals surface area contributed by atoms with Gasteiger partial charge in [0.2, 0.25) is 5.91 Å². The summed E-state index contributed by atoms with van der Waals surface area (Å²) in [5.74, 6) is -2.43. The summed E-state index contributed by atoms with van der Waals surface area (Å²) >= 11 is 0. The summed E-state index contributed by atoms with van der Waals surface area (Å²) < 4.78 is 26.7. The second-order valence-electron chi connectivity index (χ2n) is 4.65. The molecule has 0 radical (unpaired) electrons. The third kappa shape index (κ3) is 2.71. The Hall–Kier alpha value is -2.18. The Morgan fingerprint density at radius 1 is 1.05 bits per heavy atom. The Balaban J connectivity index is 2.13. The molecule has 2 amide bonds. The average molecular weight is 283 g/mol. The van der Waals surface area contributed by atoms with Gasteiger partial charge in [-0.05, 0) is 6.07 Å². The van der Waals surface area contributed by atoms with Crippen LogP contribution in [-0.2, 0) is 4.79 Å². The molecule has 7 heteroatoms. The summed E-state index contributed by atoms with van der Waals surface area (Å²) in [7, 11) is 0. The van der Waals surface area contributed by atoms with Crippen LogP contribution in [-0.4, -0.2) is 47.8 Å². The highest BCUT2D eigenvalue weighted by Gasteiger charge is 2.25. The first kappa shape index (κ1) is 14.2. The predicted octanol–water partition coefficient (Wildman–Crippen LogP) is 0.851. The van der Waals surface area contributed by atoms with Gasteiger partial charge in [-0.25, -0.2) is 8.78 Å². The lowest BCUT2D eigenvalue weighted by atomic mass is 10.1. The number of benzene rings is 1. The minimum absolute atomic E-state index is 0.0608. The molecule has 1 aromatic rings. The lowest BCUT2D eigenvalue weighted by Crippen LogP contribution is -2.50. The summed E-state index contributed by atoms with van der Waals surface area (Å²) in [6, 6.07) is 1.61. The van der Waals surface area contributed by atoms with Crippen LogP contribution in [0, 0.1) is 11.6 Å². The molecule has 2 N–H and O–H groups in total. The van der Waals surface area contributed by atoms with Crippen LogP contribution in [0.25, 0.3) is 0 Å². The van der Waals surface area contributed by atoms with E-state index in [9.17, 15) is 18.4 Å². The number of nitrogen functional groups attached to an aromatic ring is 1. The first-order chi connectivity index (χ1) is 9.40. The molecule has 1 aromatic carbocycles. The van der Waals surface area contributed by atoms with E-state index in [2.05, 4.69) is 0 Å². The molecule has 1 heterocycles. The molecule has 0 aliphatic carbocycles. The van der Waals surface area contributed by atoms with Crippen molar-refractivity contribution in [3.8, 4) is 0 Å². The number of carbonyl (C=O) groups is 2. The van der Waals surface area contributed by atoms with Gasteiger partial charge in [0.25, 0.3) is 5.91 Å². The molecule has 0 bridgehead atoms. The van der Waals surface area contributed by atoms with Crippen molar-refractivity contribution in [2.45, 2.75) is 6.92 Å². The third-order valence-electron chi connectivity index (χ3n) is 3.33. The van der Waals surface area contributed by atoms with E-state index in [1.54, 1.807) is 4.90 Å². The maximum Gasteiger partial charge on any atom is 0.257 e. The monoisotopic (exact) mass is 283 g/mol. The molecule has 0 saturated carbocycles. The van der Waals surface area contributed by atoms with Crippen molar-refractivity contribution in [2.24, 2.45) is 0 Å². The summed E-state index contributed by atoms with van der Waals surface area (Å²) in [5.41, 5.74) is 4.84. The molecule has 2 rings (SSSR count). The van der Waals surface area contributed by atoms with Gasteiger partial charge in [0.05, 0.1) is 11.3 Å². The number of carbonyl (C=O) groups excluding carboxylic acids is 2. The standard InChI is InChI=1S/C13H15F2N3O2/c1-8(19)17-2-4-18(5-3-17)13(20)9-6-12(16)11(15)7-10(9)14/h6-7H,2-5,16H2,1H3. The van der Waals surface area contributed by atoms with Crippen LogP contribution in [0.5, 0.6) is 0 Å². The molecule has 20 heavy (non-hydrogen) atoms. The van der Waals surface area contributed by atoms with Crippen LogP contribution >= 0.6 is 0 Å². The third-order valence-corrected chi connectivity index (χ3v) is 3.33. The van der Waals surface area contributed by atoms with Gasteiger partial charge in [0.15, 0.2) is 0 Å². The van der Waals surface area contributed by atoms with Crippen LogP contribution in [0.1, 0.15) is 17.3 Å². The fraction of sp³-hybridized carbons (Fsp3) is 0.385. The number of anilines is 1. The quantitative estimate of drug-likeness (QED) is 0.777. The zero-order chi connectivity index (χ0) is 14.9. The maximum atomic E-state index is 13.6. The summed E-state index contributed by atoms with van der Waals surface area (Å²) in [5, 5.41) is 0. The van der Waals surface area contributed by atoms with Gasteiger partial charge in [0.1, 0.15) is 11.6 Å². The number of rotatable bonds is 1. The number of hydrogen-bond acceptors (Lipinski definition) is 3. The Morgan fingerprint density at radius 2 is 1.60 bits per heavy atom. The molecule has 1 aliphatic heterocycles. The molecule has 0 unspecified atom stereocenters. The Labute approximate surface area is 114 Å². The van der Waals surface area contributed by atoms with Crippen molar-refractivity contribution in [3.05, 3.63) is 29.3 Å². The van der Waals surface area contributed by atoms with Gasteiger partial charge < -0.3 is 15.5 Å². The topological polar surface area (TPSA) is 66.6 Å². The zero-order valence-corrected chi connectivity index (χ0v) is 11.0. The van der Waals surface area contributed by atoms with Crippen molar-refractivity contribution in [2.75, 3.05) is 31.9 Å². The van der Waals surface area contributed by atoms with Crippen molar-refractivity contribution in [1.29, 1.82) is 0 Å². The van der Waals surface area contributed by atoms with Crippen molar-refractivity contribution in [1.82, 2.24) is 9.80 Å². The molecule has 1 aliphatic rings. The number of piperazine rings is 1. The molecule has 0 aromatic heterocycles. The highest BCUT2D eigenvalue weighted by atomic mass is 19.1. The SMILES string of the molecule is CC(=O)N1CCN(C(=O)c2cc(N)c(F)cc2F)CC1. The number of amides is 2. The number of halogens is 2. The maximum absolute atomic E-state index is 13.6. The lowest BCUT2D eigenvalue weighted by molar-refractivity contribution is -0.130.